The third kappa shape index (κ3) is 6.27. The molecule has 0 bridgehead atoms. The molecule has 1 aromatic rings. The predicted molar refractivity (Wildman–Crippen MR) is 100 cm³/mol. The van der Waals surface area contributed by atoms with Gasteiger partial charge in [0.25, 0.3) is 11.8 Å². The minimum atomic E-state index is -0.871. The highest BCUT2D eigenvalue weighted by Crippen LogP contribution is 2.27. The van der Waals surface area contributed by atoms with Gasteiger partial charge in [-0.3, -0.25) is 14.4 Å². The third-order valence-corrected chi connectivity index (χ3v) is 4.48. The number of carbonyl (C=O) groups is 3. The first-order chi connectivity index (χ1) is 13.5. The Morgan fingerprint density at radius 1 is 1.14 bits per heavy atom. The molecule has 28 heavy (non-hydrogen) atoms. The van der Waals surface area contributed by atoms with E-state index in [-0.39, 0.29) is 6.54 Å². The zero-order valence-electron chi connectivity index (χ0n) is 16.0. The second-order valence-electron chi connectivity index (χ2n) is 6.60. The summed E-state index contributed by atoms with van der Waals surface area (Å²) in [6.07, 6.45) is 4.00. The number of rotatable bonds is 8. The van der Waals surface area contributed by atoms with Gasteiger partial charge in [-0.05, 0) is 44.0 Å². The van der Waals surface area contributed by atoms with Crippen LogP contribution in [0.3, 0.4) is 0 Å². The Morgan fingerprint density at radius 2 is 1.82 bits per heavy atom. The average Bonchev–Trinajstić information content (AvgIpc) is 2.72. The highest BCUT2D eigenvalue weighted by molar-refractivity contribution is 5.96. The topological polar surface area (TPSA) is 118 Å². The van der Waals surface area contributed by atoms with Crippen molar-refractivity contribution in [1.29, 1.82) is 5.26 Å². The van der Waals surface area contributed by atoms with Crippen LogP contribution in [0.25, 0.3) is 0 Å². The number of benzene rings is 1. The minimum absolute atomic E-state index is 0.358. The molecule has 0 unspecified atom stereocenters. The summed E-state index contributed by atoms with van der Waals surface area (Å²) in [7, 11) is 0. The molecule has 1 aliphatic rings. The molecule has 0 aliphatic heterocycles. The third-order valence-electron chi connectivity index (χ3n) is 4.48. The molecule has 0 spiro atoms. The van der Waals surface area contributed by atoms with Crippen LogP contribution < -0.4 is 15.4 Å². The molecular weight excluding hydrogens is 362 g/mol. The van der Waals surface area contributed by atoms with Crippen LogP contribution >= 0.6 is 0 Å². The fraction of sp³-hybridized carbons (Fsp3) is 0.500. The van der Waals surface area contributed by atoms with E-state index in [1.54, 1.807) is 24.3 Å². The molecule has 0 aromatic heterocycles. The van der Waals surface area contributed by atoms with Gasteiger partial charge in [0.2, 0.25) is 0 Å². The Hall–Kier alpha value is -3.08. The molecule has 1 fully saturated rings. The second-order valence-corrected chi connectivity index (χ2v) is 6.60. The highest BCUT2D eigenvalue weighted by Gasteiger charge is 2.33. The number of nitrogens with one attached hydrogen (secondary N) is 2. The van der Waals surface area contributed by atoms with Crippen molar-refractivity contribution in [2.45, 2.75) is 44.6 Å². The first kappa shape index (κ1) is 21.2. The molecule has 0 atom stereocenters. The van der Waals surface area contributed by atoms with E-state index >= 15 is 0 Å². The number of esters is 1. The van der Waals surface area contributed by atoms with Crippen molar-refractivity contribution in [3.8, 4) is 11.8 Å². The van der Waals surface area contributed by atoms with Gasteiger partial charge in [-0.25, -0.2) is 0 Å². The van der Waals surface area contributed by atoms with E-state index in [9.17, 15) is 19.6 Å². The van der Waals surface area contributed by atoms with Crippen LogP contribution in [0.15, 0.2) is 24.3 Å². The lowest BCUT2D eigenvalue weighted by atomic mass is 9.83. The highest BCUT2D eigenvalue weighted by atomic mass is 16.5. The van der Waals surface area contributed by atoms with Gasteiger partial charge in [-0.15, -0.1) is 0 Å². The van der Waals surface area contributed by atoms with Crippen LogP contribution in [-0.4, -0.2) is 43.1 Å². The van der Waals surface area contributed by atoms with Gasteiger partial charge in [-0.1, -0.05) is 19.3 Å². The summed E-state index contributed by atoms with van der Waals surface area (Å²) < 4.78 is 10.2. The van der Waals surface area contributed by atoms with Gasteiger partial charge in [-0.2, -0.15) is 5.26 Å². The van der Waals surface area contributed by atoms with Gasteiger partial charge in [0.05, 0.1) is 12.7 Å². The summed E-state index contributed by atoms with van der Waals surface area (Å²) in [6.45, 7) is 1.55. The molecule has 8 heteroatoms. The number of carbonyl (C=O) groups excluding carboxylic acids is 3. The summed E-state index contributed by atoms with van der Waals surface area (Å²) >= 11 is 0. The van der Waals surface area contributed by atoms with Crippen molar-refractivity contribution in [3.05, 3.63) is 29.8 Å². The van der Waals surface area contributed by atoms with Crippen LogP contribution in [0.1, 0.15) is 49.4 Å². The Bertz CT molecular complexity index is 733. The number of nitrogens with zero attached hydrogens (tertiary/aromatic N) is 1. The molecule has 8 nitrogen and oxygen atoms in total. The summed E-state index contributed by atoms with van der Waals surface area (Å²) in [6, 6.07) is 8.67. The zero-order chi connectivity index (χ0) is 20.4. The molecule has 0 radical (unpaired) electrons. The summed E-state index contributed by atoms with van der Waals surface area (Å²) in [4.78, 5) is 35.8. The van der Waals surface area contributed by atoms with E-state index in [2.05, 4.69) is 16.7 Å². The molecule has 1 aromatic carbocycles. The maximum absolute atomic E-state index is 12.0. The first-order valence-electron chi connectivity index (χ1n) is 9.37. The van der Waals surface area contributed by atoms with Crippen molar-refractivity contribution in [2.24, 2.45) is 0 Å². The smallest absolute Gasteiger partial charge is 0.325 e. The monoisotopic (exact) mass is 387 g/mol. The van der Waals surface area contributed by atoms with E-state index < -0.39 is 29.9 Å². The van der Waals surface area contributed by atoms with Crippen LogP contribution in [0.4, 0.5) is 0 Å². The Kier molecular flexibility index (Phi) is 7.81. The minimum Gasteiger partial charge on any atom is -0.494 e. The average molecular weight is 387 g/mol. The Labute approximate surface area is 164 Å². The van der Waals surface area contributed by atoms with E-state index in [4.69, 9.17) is 9.47 Å². The van der Waals surface area contributed by atoms with E-state index in [0.29, 0.717) is 30.8 Å². The van der Waals surface area contributed by atoms with E-state index in [0.717, 1.165) is 19.3 Å². The molecular formula is C20H25N3O5. The fourth-order valence-electron chi connectivity index (χ4n) is 3.04. The van der Waals surface area contributed by atoms with Gasteiger partial charge in [0.1, 0.15) is 17.8 Å². The maximum Gasteiger partial charge on any atom is 0.325 e. The quantitative estimate of drug-likeness (QED) is 0.656. The number of ether oxygens (including phenoxy) is 2. The second kappa shape index (κ2) is 10.3. The van der Waals surface area contributed by atoms with Gasteiger partial charge >= 0.3 is 5.97 Å². The van der Waals surface area contributed by atoms with E-state index in [1.807, 2.05) is 6.92 Å². The molecule has 1 aliphatic carbocycles. The summed E-state index contributed by atoms with van der Waals surface area (Å²) in [5.74, 6) is -1.04. The van der Waals surface area contributed by atoms with Gasteiger partial charge < -0.3 is 20.1 Å². The van der Waals surface area contributed by atoms with Gasteiger partial charge in [0.15, 0.2) is 6.61 Å². The van der Waals surface area contributed by atoms with Crippen LogP contribution in [0.2, 0.25) is 0 Å². The van der Waals surface area contributed by atoms with Crippen molar-refractivity contribution in [1.82, 2.24) is 10.6 Å². The standard InChI is InChI=1S/C20H25N3O5/c1-2-27-16-8-6-15(7-9-16)19(26)22-12-18(25)28-13-17(24)23-20(14-21)10-4-3-5-11-20/h6-9H,2-5,10-13H2,1H3,(H,22,26)(H,23,24). The van der Waals surface area contributed by atoms with Crippen molar-refractivity contribution < 1.29 is 23.9 Å². The molecule has 2 N–H and O–H groups in total. The summed E-state index contributed by atoms with van der Waals surface area (Å²) in [5, 5.41) is 14.4. The van der Waals surface area contributed by atoms with E-state index in [1.165, 1.54) is 0 Å². The molecule has 2 rings (SSSR count). The number of hydrogen-bond acceptors (Lipinski definition) is 6. The van der Waals surface area contributed by atoms with Crippen LogP contribution in [-0.2, 0) is 14.3 Å². The SMILES string of the molecule is CCOc1ccc(C(=O)NCC(=O)OCC(=O)NC2(C#N)CCCCC2)cc1. The number of nitriles is 1. The fourth-order valence-corrected chi connectivity index (χ4v) is 3.04. The molecule has 0 saturated heterocycles. The lowest BCUT2D eigenvalue weighted by Gasteiger charge is -2.31. The van der Waals surface area contributed by atoms with Crippen LogP contribution in [0.5, 0.6) is 5.75 Å². The van der Waals surface area contributed by atoms with Crippen molar-refractivity contribution >= 4 is 17.8 Å². The molecule has 0 heterocycles. The van der Waals surface area contributed by atoms with Crippen LogP contribution in [0, 0.1) is 11.3 Å². The number of amides is 2. The Morgan fingerprint density at radius 3 is 2.43 bits per heavy atom. The normalized spacial score (nSPS) is 15.0. The predicted octanol–water partition coefficient (Wildman–Crippen LogP) is 1.70. The lowest BCUT2D eigenvalue weighted by Crippen LogP contribution is -2.50. The van der Waals surface area contributed by atoms with Gasteiger partial charge in [0, 0.05) is 5.56 Å². The van der Waals surface area contributed by atoms with Crippen molar-refractivity contribution in [3.63, 3.8) is 0 Å². The van der Waals surface area contributed by atoms with Crippen molar-refractivity contribution in [2.75, 3.05) is 19.8 Å². The molecule has 2 amide bonds. The summed E-state index contributed by atoms with van der Waals surface area (Å²) in [5.41, 5.74) is -0.494. The molecule has 150 valence electrons. The zero-order valence-corrected chi connectivity index (χ0v) is 16.0. The molecule has 1 saturated carbocycles. The largest absolute Gasteiger partial charge is 0.494 e. The first-order valence-corrected chi connectivity index (χ1v) is 9.37. The lowest BCUT2D eigenvalue weighted by molar-refractivity contribution is -0.148. The maximum atomic E-state index is 12.0. The Balaban J connectivity index is 1.72. The number of hydrogen-bond donors (Lipinski definition) is 2.